The van der Waals surface area contributed by atoms with E-state index in [9.17, 15) is 5.11 Å². The van der Waals surface area contributed by atoms with Gasteiger partial charge in [0.15, 0.2) is 0 Å². The molecule has 10 atom stereocenters. The molecule has 0 aromatic heterocycles. The summed E-state index contributed by atoms with van der Waals surface area (Å²) in [4.78, 5) is 0. The first kappa shape index (κ1) is 22.9. The van der Waals surface area contributed by atoms with Gasteiger partial charge in [-0.25, -0.2) is 0 Å². The quantitative estimate of drug-likeness (QED) is 0.456. The third kappa shape index (κ3) is 3.45. The van der Waals surface area contributed by atoms with E-state index in [0.29, 0.717) is 29.3 Å². The summed E-state index contributed by atoms with van der Waals surface area (Å²) < 4.78 is 0. The lowest BCUT2D eigenvalue weighted by molar-refractivity contribution is -0.0956. The predicted octanol–water partition coefficient (Wildman–Crippen LogP) is 7.74. The van der Waals surface area contributed by atoms with E-state index in [1.807, 2.05) is 0 Å². The van der Waals surface area contributed by atoms with E-state index < -0.39 is 0 Å². The molecule has 1 nitrogen and oxygen atoms in total. The van der Waals surface area contributed by atoms with Gasteiger partial charge >= 0.3 is 0 Å². The number of hydrogen-bond acceptors (Lipinski definition) is 1. The van der Waals surface area contributed by atoms with Gasteiger partial charge in [0.05, 0.1) is 0 Å². The molecule has 172 valence electrons. The third-order valence-corrected chi connectivity index (χ3v) is 11.8. The largest absolute Gasteiger partial charge is 0.396 e. The van der Waals surface area contributed by atoms with E-state index in [0.717, 1.165) is 41.4 Å². The molecule has 0 unspecified atom stereocenters. The van der Waals surface area contributed by atoms with Crippen molar-refractivity contribution in [2.24, 2.45) is 64.1 Å². The second-order valence-corrected chi connectivity index (χ2v) is 13.1. The van der Waals surface area contributed by atoms with Crippen molar-refractivity contribution in [2.45, 2.75) is 99.8 Å². The lowest BCUT2D eigenvalue weighted by atomic mass is 9.47. The minimum absolute atomic E-state index is 0.429. The van der Waals surface area contributed by atoms with E-state index in [4.69, 9.17) is 0 Å². The van der Waals surface area contributed by atoms with E-state index >= 15 is 0 Å². The topological polar surface area (TPSA) is 20.2 Å². The average Bonchev–Trinajstić information content (AvgIpc) is 3.23. The van der Waals surface area contributed by atoms with Crippen LogP contribution in [0.15, 0.2) is 11.6 Å². The van der Waals surface area contributed by atoms with Gasteiger partial charge in [0.25, 0.3) is 0 Å². The van der Waals surface area contributed by atoms with Crippen molar-refractivity contribution in [1.29, 1.82) is 0 Å². The molecule has 0 radical (unpaired) electrons. The van der Waals surface area contributed by atoms with Crippen LogP contribution in [-0.2, 0) is 0 Å². The van der Waals surface area contributed by atoms with Crippen LogP contribution in [-0.4, -0.2) is 11.7 Å². The molecule has 0 saturated heterocycles. The first-order valence-corrected chi connectivity index (χ1v) is 13.4. The van der Waals surface area contributed by atoms with Crippen molar-refractivity contribution in [3.05, 3.63) is 11.6 Å². The molecule has 1 N–H and O–H groups in total. The number of aliphatic hydroxyl groups is 1. The summed E-state index contributed by atoms with van der Waals surface area (Å²) in [5, 5.41) is 9.94. The fourth-order valence-electron chi connectivity index (χ4n) is 9.66. The third-order valence-electron chi connectivity index (χ3n) is 11.8. The van der Waals surface area contributed by atoms with Crippen molar-refractivity contribution in [2.75, 3.05) is 6.61 Å². The Balaban J connectivity index is 1.52. The molecule has 1 heteroatoms. The molecule has 4 aliphatic carbocycles. The zero-order valence-electron chi connectivity index (χ0n) is 21.1. The van der Waals surface area contributed by atoms with Crippen LogP contribution in [0.1, 0.15) is 99.8 Å². The number of rotatable bonds is 5. The molecule has 4 aliphatic rings. The van der Waals surface area contributed by atoms with Crippen molar-refractivity contribution in [1.82, 2.24) is 0 Å². The zero-order chi connectivity index (χ0) is 21.8. The summed E-state index contributed by atoms with van der Waals surface area (Å²) in [6, 6.07) is 0. The maximum atomic E-state index is 9.94. The molecule has 0 aromatic carbocycles. The molecule has 4 saturated carbocycles. The van der Waals surface area contributed by atoms with Crippen LogP contribution >= 0.6 is 0 Å². The standard InChI is InChI=1S/C29H50O/c1-18(2)21(5)19(3)16-20(4)24-10-11-26-23-8-9-25-22(17-30)12-14-29(25,7)27(23)13-15-28(24,26)6/h16,18,20-27,30H,8-15,17H2,1-7H3/b19-16+/t20-,21-,22-,23+,24-,25+,26+,27+,28-,29+/m1/s1. The lowest BCUT2D eigenvalue weighted by Crippen LogP contribution is -2.51. The van der Waals surface area contributed by atoms with Gasteiger partial charge in [0.1, 0.15) is 0 Å². The lowest BCUT2D eigenvalue weighted by Gasteiger charge is -2.58. The summed E-state index contributed by atoms with van der Waals surface area (Å²) in [5.41, 5.74) is 2.69. The molecule has 0 aromatic rings. The Hall–Kier alpha value is -0.300. The van der Waals surface area contributed by atoms with Gasteiger partial charge in [-0.1, -0.05) is 53.2 Å². The fourth-order valence-corrected chi connectivity index (χ4v) is 9.66. The van der Waals surface area contributed by atoms with E-state index in [-0.39, 0.29) is 0 Å². The molecule has 4 rings (SSSR count). The first-order valence-electron chi connectivity index (χ1n) is 13.4. The van der Waals surface area contributed by atoms with Crippen LogP contribution in [0.25, 0.3) is 0 Å². The van der Waals surface area contributed by atoms with Gasteiger partial charge in [-0.2, -0.15) is 0 Å². The van der Waals surface area contributed by atoms with E-state index in [2.05, 4.69) is 54.5 Å². The fraction of sp³-hybridized carbons (Fsp3) is 0.931. The highest BCUT2D eigenvalue weighted by atomic mass is 16.3. The van der Waals surface area contributed by atoms with Crippen molar-refractivity contribution < 1.29 is 5.11 Å². The van der Waals surface area contributed by atoms with Gasteiger partial charge in [0.2, 0.25) is 0 Å². The monoisotopic (exact) mass is 414 g/mol. The molecule has 0 amide bonds. The highest BCUT2D eigenvalue weighted by Crippen LogP contribution is 2.69. The minimum atomic E-state index is 0.429. The first-order chi connectivity index (χ1) is 14.1. The van der Waals surface area contributed by atoms with Crippen LogP contribution in [0.5, 0.6) is 0 Å². The molecular weight excluding hydrogens is 364 g/mol. The van der Waals surface area contributed by atoms with Crippen LogP contribution < -0.4 is 0 Å². The van der Waals surface area contributed by atoms with E-state index in [1.165, 1.54) is 51.4 Å². The summed E-state index contributed by atoms with van der Waals surface area (Å²) in [6.07, 6.45) is 14.0. The second kappa shape index (κ2) is 8.24. The Morgan fingerprint density at radius 1 is 0.867 bits per heavy atom. The summed E-state index contributed by atoms with van der Waals surface area (Å²) in [6.45, 7) is 17.8. The molecule has 0 aliphatic heterocycles. The average molecular weight is 415 g/mol. The summed E-state index contributed by atoms with van der Waals surface area (Å²) in [5.74, 6) is 7.26. The van der Waals surface area contributed by atoms with Gasteiger partial charge in [0, 0.05) is 6.61 Å². The number of aliphatic hydroxyl groups excluding tert-OH is 1. The zero-order valence-corrected chi connectivity index (χ0v) is 21.1. The van der Waals surface area contributed by atoms with Crippen LogP contribution in [0.2, 0.25) is 0 Å². The highest BCUT2D eigenvalue weighted by Gasteiger charge is 2.61. The van der Waals surface area contributed by atoms with Gasteiger partial charge in [-0.3, -0.25) is 0 Å². The Bertz CT molecular complexity index is 649. The summed E-state index contributed by atoms with van der Waals surface area (Å²) >= 11 is 0. The van der Waals surface area contributed by atoms with Crippen LogP contribution in [0.3, 0.4) is 0 Å². The molecule has 30 heavy (non-hydrogen) atoms. The molecule has 0 spiro atoms. The van der Waals surface area contributed by atoms with Crippen LogP contribution in [0.4, 0.5) is 0 Å². The normalized spacial score (nSPS) is 48.2. The van der Waals surface area contributed by atoms with Crippen molar-refractivity contribution in [3.63, 3.8) is 0 Å². The van der Waals surface area contributed by atoms with Crippen LogP contribution in [0, 0.1) is 64.1 Å². The Morgan fingerprint density at radius 2 is 1.50 bits per heavy atom. The molecule has 0 heterocycles. The number of hydrogen-bond donors (Lipinski definition) is 1. The van der Waals surface area contributed by atoms with Crippen molar-refractivity contribution >= 4 is 0 Å². The Labute approximate surface area is 187 Å². The van der Waals surface area contributed by atoms with Crippen molar-refractivity contribution in [3.8, 4) is 0 Å². The summed E-state index contributed by atoms with van der Waals surface area (Å²) in [7, 11) is 0. The SMILES string of the molecule is C/C(=C\[C@@H](C)[C@H]1CC[C@H]2[C@@H]3CC[C@H]4[C@@H](CO)CC[C@]4(C)[C@H]3CC[C@]12C)[C@H](C)C(C)C. The molecule has 4 fully saturated rings. The second-order valence-electron chi connectivity index (χ2n) is 13.1. The van der Waals surface area contributed by atoms with Gasteiger partial charge in [-0.15, -0.1) is 0 Å². The molecule has 0 bridgehead atoms. The molecular formula is C29H50O. The smallest absolute Gasteiger partial charge is 0.0462 e. The number of allylic oxidation sites excluding steroid dienone is 2. The number of fused-ring (bicyclic) bond motifs is 5. The van der Waals surface area contributed by atoms with Gasteiger partial charge < -0.3 is 5.11 Å². The predicted molar refractivity (Wildman–Crippen MR) is 128 cm³/mol. The minimum Gasteiger partial charge on any atom is -0.396 e. The Kier molecular flexibility index (Phi) is 6.28. The van der Waals surface area contributed by atoms with E-state index in [1.54, 1.807) is 5.57 Å². The maximum Gasteiger partial charge on any atom is 0.0462 e. The van der Waals surface area contributed by atoms with Gasteiger partial charge in [-0.05, 0) is 122 Å². The highest BCUT2D eigenvalue weighted by molar-refractivity contribution is 5.14. The maximum absolute atomic E-state index is 9.94. The Morgan fingerprint density at radius 3 is 2.17 bits per heavy atom.